The largest absolute Gasteiger partial charge is 0.342 e. The molecule has 21 heavy (non-hydrogen) atoms. The lowest BCUT2D eigenvalue weighted by Crippen LogP contribution is -2.40. The zero-order valence-electron chi connectivity index (χ0n) is 13.7. The Kier molecular flexibility index (Phi) is 5.20. The molecule has 3 rings (SSSR count). The molecule has 3 nitrogen and oxygen atoms in total. The van der Waals surface area contributed by atoms with Crippen LogP contribution in [-0.2, 0) is 4.79 Å². The van der Waals surface area contributed by atoms with Crippen LogP contribution in [0.1, 0.15) is 58.3 Å². The number of carbonyl (C=O) groups excluding carboxylic acids is 1. The van der Waals surface area contributed by atoms with Crippen molar-refractivity contribution in [2.75, 3.05) is 26.2 Å². The van der Waals surface area contributed by atoms with Gasteiger partial charge in [-0.15, -0.1) is 0 Å². The van der Waals surface area contributed by atoms with E-state index in [4.69, 9.17) is 0 Å². The van der Waals surface area contributed by atoms with Gasteiger partial charge in [0.2, 0.25) is 5.91 Å². The molecule has 0 aromatic heterocycles. The van der Waals surface area contributed by atoms with Crippen molar-refractivity contribution >= 4 is 5.91 Å². The van der Waals surface area contributed by atoms with E-state index >= 15 is 0 Å². The predicted octanol–water partition coefficient (Wildman–Crippen LogP) is 3.05. The normalized spacial score (nSPS) is 32.5. The Labute approximate surface area is 129 Å². The second kappa shape index (κ2) is 7.13. The summed E-state index contributed by atoms with van der Waals surface area (Å²) in [5, 5.41) is 3.42. The summed E-state index contributed by atoms with van der Waals surface area (Å²) in [6, 6.07) is 0. The molecule has 1 heterocycles. The van der Waals surface area contributed by atoms with Crippen molar-refractivity contribution in [2.24, 2.45) is 23.7 Å². The standard InChI is InChI=1S/C18H32N2O/c1-2-9-20(13-14-5-7-19-8-6-14)18(21)12-17-11-15-3-4-16(17)10-15/h14-17,19H,2-13H2,1H3. The van der Waals surface area contributed by atoms with Gasteiger partial charge in [-0.3, -0.25) is 4.79 Å². The number of piperidine rings is 1. The summed E-state index contributed by atoms with van der Waals surface area (Å²) in [7, 11) is 0. The van der Waals surface area contributed by atoms with Crippen molar-refractivity contribution < 1.29 is 4.79 Å². The molecule has 3 unspecified atom stereocenters. The summed E-state index contributed by atoms with van der Waals surface area (Å²) >= 11 is 0. The van der Waals surface area contributed by atoms with Crippen molar-refractivity contribution in [3.63, 3.8) is 0 Å². The molecule has 1 aliphatic heterocycles. The van der Waals surface area contributed by atoms with E-state index in [0.29, 0.717) is 11.8 Å². The van der Waals surface area contributed by atoms with Gasteiger partial charge >= 0.3 is 0 Å². The summed E-state index contributed by atoms with van der Waals surface area (Å²) in [6.07, 6.45) is 9.99. The maximum Gasteiger partial charge on any atom is 0.222 e. The minimum atomic E-state index is 0.452. The van der Waals surface area contributed by atoms with E-state index in [9.17, 15) is 4.79 Å². The minimum absolute atomic E-state index is 0.452. The van der Waals surface area contributed by atoms with Gasteiger partial charge < -0.3 is 10.2 Å². The molecule has 2 aliphatic carbocycles. The van der Waals surface area contributed by atoms with Crippen LogP contribution < -0.4 is 5.32 Å². The summed E-state index contributed by atoms with van der Waals surface area (Å²) in [6.45, 7) is 6.43. The summed E-state index contributed by atoms with van der Waals surface area (Å²) in [5.41, 5.74) is 0. The first kappa shape index (κ1) is 15.3. The van der Waals surface area contributed by atoms with Crippen molar-refractivity contribution in [1.29, 1.82) is 0 Å². The third-order valence-corrected chi connectivity index (χ3v) is 6.10. The first-order valence-corrected chi connectivity index (χ1v) is 9.24. The molecule has 2 saturated carbocycles. The number of fused-ring (bicyclic) bond motifs is 2. The zero-order valence-corrected chi connectivity index (χ0v) is 13.7. The molecule has 3 heteroatoms. The number of hydrogen-bond donors (Lipinski definition) is 1. The van der Waals surface area contributed by atoms with Crippen LogP contribution in [-0.4, -0.2) is 37.0 Å². The van der Waals surface area contributed by atoms with E-state index in [1.807, 2.05) is 0 Å². The van der Waals surface area contributed by atoms with Gasteiger partial charge in [-0.05, 0) is 75.3 Å². The van der Waals surface area contributed by atoms with Gasteiger partial charge in [0.1, 0.15) is 0 Å². The molecule has 120 valence electrons. The topological polar surface area (TPSA) is 32.3 Å². The van der Waals surface area contributed by atoms with Gasteiger partial charge in [0.05, 0.1) is 0 Å². The summed E-state index contributed by atoms with van der Waals surface area (Å²) in [5.74, 6) is 3.72. The van der Waals surface area contributed by atoms with Crippen molar-refractivity contribution in [2.45, 2.75) is 58.3 Å². The molecule has 3 aliphatic rings. The summed E-state index contributed by atoms with van der Waals surface area (Å²) in [4.78, 5) is 14.9. The Morgan fingerprint density at radius 3 is 2.57 bits per heavy atom. The maximum atomic E-state index is 12.7. The van der Waals surface area contributed by atoms with E-state index in [0.717, 1.165) is 56.8 Å². The monoisotopic (exact) mass is 292 g/mol. The minimum Gasteiger partial charge on any atom is -0.342 e. The average molecular weight is 292 g/mol. The van der Waals surface area contributed by atoms with E-state index < -0.39 is 0 Å². The van der Waals surface area contributed by atoms with Crippen LogP contribution in [0.2, 0.25) is 0 Å². The summed E-state index contributed by atoms with van der Waals surface area (Å²) < 4.78 is 0. The molecule has 1 amide bonds. The Bertz CT molecular complexity index is 351. The van der Waals surface area contributed by atoms with Gasteiger partial charge in [-0.25, -0.2) is 0 Å². The van der Waals surface area contributed by atoms with Crippen LogP contribution in [0.5, 0.6) is 0 Å². The van der Waals surface area contributed by atoms with Crippen molar-refractivity contribution in [3.05, 3.63) is 0 Å². The lowest BCUT2D eigenvalue weighted by molar-refractivity contribution is -0.133. The fourth-order valence-corrected chi connectivity index (χ4v) is 4.94. The van der Waals surface area contributed by atoms with Crippen LogP contribution in [0.3, 0.4) is 0 Å². The lowest BCUT2D eigenvalue weighted by atomic mass is 9.86. The highest BCUT2D eigenvalue weighted by Gasteiger charge is 2.40. The quantitative estimate of drug-likeness (QED) is 0.816. The van der Waals surface area contributed by atoms with Crippen LogP contribution in [0.4, 0.5) is 0 Å². The Morgan fingerprint density at radius 2 is 1.95 bits per heavy atom. The van der Waals surface area contributed by atoms with Crippen LogP contribution in [0.25, 0.3) is 0 Å². The number of rotatable bonds is 6. The molecular weight excluding hydrogens is 260 g/mol. The first-order valence-electron chi connectivity index (χ1n) is 9.24. The van der Waals surface area contributed by atoms with Gasteiger partial charge in [-0.1, -0.05) is 13.3 Å². The molecule has 0 aromatic carbocycles. The fraction of sp³-hybridized carbons (Fsp3) is 0.944. The van der Waals surface area contributed by atoms with E-state index in [1.165, 1.54) is 38.5 Å². The Hall–Kier alpha value is -0.570. The molecule has 1 saturated heterocycles. The smallest absolute Gasteiger partial charge is 0.222 e. The molecule has 3 atom stereocenters. The highest BCUT2D eigenvalue weighted by atomic mass is 16.2. The predicted molar refractivity (Wildman–Crippen MR) is 86.0 cm³/mol. The Balaban J connectivity index is 1.51. The van der Waals surface area contributed by atoms with E-state index in [2.05, 4.69) is 17.1 Å². The van der Waals surface area contributed by atoms with Crippen molar-refractivity contribution in [1.82, 2.24) is 10.2 Å². The molecular formula is C18H32N2O. The molecule has 0 spiro atoms. The molecule has 0 radical (unpaired) electrons. The molecule has 1 N–H and O–H groups in total. The molecule has 3 fully saturated rings. The second-order valence-electron chi connectivity index (χ2n) is 7.67. The van der Waals surface area contributed by atoms with E-state index in [1.54, 1.807) is 0 Å². The number of amides is 1. The van der Waals surface area contributed by atoms with Crippen LogP contribution in [0.15, 0.2) is 0 Å². The first-order chi connectivity index (χ1) is 10.3. The number of nitrogens with one attached hydrogen (secondary N) is 1. The zero-order chi connectivity index (χ0) is 14.7. The third kappa shape index (κ3) is 3.80. The number of carbonyl (C=O) groups is 1. The lowest BCUT2D eigenvalue weighted by Gasteiger charge is -2.31. The van der Waals surface area contributed by atoms with Crippen LogP contribution in [0, 0.1) is 23.7 Å². The van der Waals surface area contributed by atoms with Crippen LogP contribution >= 0.6 is 0 Å². The van der Waals surface area contributed by atoms with E-state index in [-0.39, 0.29) is 0 Å². The van der Waals surface area contributed by atoms with Gasteiger partial charge in [0, 0.05) is 19.5 Å². The number of hydrogen-bond acceptors (Lipinski definition) is 2. The second-order valence-corrected chi connectivity index (χ2v) is 7.67. The number of nitrogens with zero attached hydrogens (tertiary/aromatic N) is 1. The van der Waals surface area contributed by atoms with Gasteiger partial charge in [0.25, 0.3) is 0 Å². The SMILES string of the molecule is CCCN(CC1CCNCC1)C(=O)CC1CC2CCC1C2. The van der Waals surface area contributed by atoms with Gasteiger partial charge in [-0.2, -0.15) is 0 Å². The fourth-order valence-electron chi connectivity index (χ4n) is 4.94. The maximum absolute atomic E-state index is 12.7. The Morgan fingerprint density at radius 1 is 1.14 bits per heavy atom. The molecule has 2 bridgehead atoms. The highest BCUT2D eigenvalue weighted by molar-refractivity contribution is 5.76. The molecule has 0 aromatic rings. The highest BCUT2D eigenvalue weighted by Crippen LogP contribution is 2.49. The van der Waals surface area contributed by atoms with Crippen molar-refractivity contribution in [3.8, 4) is 0 Å². The van der Waals surface area contributed by atoms with Gasteiger partial charge in [0.15, 0.2) is 0 Å². The average Bonchev–Trinajstić information content (AvgIpc) is 3.10. The third-order valence-electron chi connectivity index (χ3n) is 6.10.